The second-order valence-electron chi connectivity index (χ2n) is 3.15. The predicted molar refractivity (Wildman–Crippen MR) is 56.7 cm³/mol. The largest absolute Gasteiger partial charge is 0.478 e. The summed E-state index contributed by atoms with van der Waals surface area (Å²) in [4.78, 5) is 22.0. The molecule has 1 aliphatic heterocycles. The third kappa shape index (κ3) is 1.97. The van der Waals surface area contributed by atoms with Gasteiger partial charge in [0, 0.05) is 0 Å². The summed E-state index contributed by atoms with van der Waals surface area (Å²) >= 11 is 1.41. The van der Waals surface area contributed by atoms with Crippen molar-refractivity contribution in [2.75, 3.05) is 5.75 Å². The molecule has 1 saturated heterocycles. The van der Waals surface area contributed by atoms with Crippen LogP contribution >= 0.6 is 11.8 Å². The summed E-state index contributed by atoms with van der Waals surface area (Å²) in [6, 6.07) is 6.72. The number of nitrogens with one attached hydrogen (secondary N) is 1. The minimum Gasteiger partial charge on any atom is -0.478 e. The Morgan fingerprint density at radius 2 is 2.20 bits per heavy atom. The lowest BCUT2D eigenvalue weighted by Crippen LogP contribution is -2.20. The van der Waals surface area contributed by atoms with Gasteiger partial charge in [0.1, 0.15) is 5.37 Å². The zero-order valence-electron chi connectivity index (χ0n) is 7.77. The molecule has 1 aliphatic rings. The van der Waals surface area contributed by atoms with Crippen LogP contribution in [0, 0.1) is 0 Å². The van der Waals surface area contributed by atoms with Crippen LogP contribution in [0.1, 0.15) is 21.3 Å². The molecule has 1 aromatic rings. The third-order valence-corrected chi connectivity index (χ3v) is 3.28. The predicted octanol–water partition coefficient (Wildman–Crippen LogP) is 1.25. The number of carboxylic acid groups (broad SMARTS) is 1. The lowest BCUT2D eigenvalue weighted by atomic mass is 10.1. The Bertz CT molecular complexity index is 419. The molecule has 2 N–H and O–H groups in total. The number of hydrogen-bond donors (Lipinski definition) is 2. The minimum absolute atomic E-state index is 0.0507. The highest BCUT2D eigenvalue weighted by atomic mass is 32.2. The van der Waals surface area contributed by atoms with Gasteiger partial charge in [-0.05, 0) is 11.6 Å². The first-order valence-corrected chi connectivity index (χ1v) is 5.46. The van der Waals surface area contributed by atoms with E-state index in [1.54, 1.807) is 24.3 Å². The van der Waals surface area contributed by atoms with E-state index >= 15 is 0 Å². The van der Waals surface area contributed by atoms with E-state index < -0.39 is 5.97 Å². The van der Waals surface area contributed by atoms with E-state index in [4.69, 9.17) is 5.11 Å². The number of amides is 1. The molecular weight excluding hydrogens is 214 g/mol. The average molecular weight is 223 g/mol. The second-order valence-corrected chi connectivity index (χ2v) is 4.24. The van der Waals surface area contributed by atoms with Gasteiger partial charge in [0.25, 0.3) is 0 Å². The number of thioether (sulfide) groups is 1. The first-order chi connectivity index (χ1) is 7.18. The van der Waals surface area contributed by atoms with Crippen molar-refractivity contribution in [2.24, 2.45) is 0 Å². The molecule has 2 rings (SSSR count). The van der Waals surface area contributed by atoms with Crippen molar-refractivity contribution >= 4 is 23.6 Å². The van der Waals surface area contributed by atoms with Crippen LogP contribution in [0.2, 0.25) is 0 Å². The first-order valence-electron chi connectivity index (χ1n) is 4.41. The lowest BCUT2D eigenvalue weighted by molar-refractivity contribution is -0.118. The SMILES string of the molecule is O=C1CSC(c2ccccc2C(=O)O)N1. The van der Waals surface area contributed by atoms with Gasteiger partial charge in [-0.1, -0.05) is 18.2 Å². The normalized spacial score (nSPS) is 20.0. The van der Waals surface area contributed by atoms with Gasteiger partial charge in [-0.2, -0.15) is 0 Å². The Kier molecular flexibility index (Phi) is 2.64. The maximum absolute atomic E-state index is 11.0. The van der Waals surface area contributed by atoms with Gasteiger partial charge in [0.2, 0.25) is 5.91 Å². The summed E-state index contributed by atoms with van der Waals surface area (Å²) in [5.74, 6) is -0.629. The molecular formula is C10H9NO3S. The molecule has 0 radical (unpaired) electrons. The quantitative estimate of drug-likeness (QED) is 0.791. The van der Waals surface area contributed by atoms with Crippen LogP contribution in [0.4, 0.5) is 0 Å². The monoisotopic (exact) mass is 223 g/mol. The molecule has 1 unspecified atom stereocenters. The number of rotatable bonds is 2. The number of aromatic carboxylic acids is 1. The van der Waals surface area contributed by atoms with Gasteiger partial charge in [0.05, 0.1) is 11.3 Å². The number of hydrogen-bond acceptors (Lipinski definition) is 3. The highest BCUT2D eigenvalue weighted by Crippen LogP contribution is 2.32. The topological polar surface area (TPSA) is 66.4 Å². The molecule has 5 heteroatoms. The highest BCUT2D eigenvalue weighted by Gasteiger charge is 2.26. The average Bonchev–Trinajstić information content (AvgIpc) is 2.65. The van der Waals surface area contributed by atoms with Gasteiger partial charge < -0.3 is 10.4 Å². The van der Waals surface area contributed by atoms with Crippen LogP contribution < -0.4 is 5.32 Å². The summed E-state index contributed by atoms with van der Waals surface area (Å²) in [6.45, 7) is 0. The second kappa shape index (κ2) is 3.94. The Morgan fingerprint density at radius 3 is 2.80 bits per heavy atom. The van der Waals surface area contributed by atoms with Gasteiger partial charge in [-0.15, -0.1) is 11.8 Å². The van der Waals surface area contributed by atoms with Crippen LogP contribution in [0.15, 0.2) is 24.3 Å². The van der Waals surface area contributed by atoms with Gasteiger partial charge in [0.15, 0.2) is 0 Å². The Balaban J connectivity index is 2.35. The van der Waals surface area contributed by atoms with Crippen molar-refractivity contribution in [3.05, 3.63) is 35.4 Å². The van der Waals surface area contributed by atoms with E-state index in [0.29, 0.717) is 11.3 Å². The molecule has 0 saturated carbocycles. The number of carbonyl (C=O) groups is 2. The Hall–Kier alpha value is -1.49. The molecule has 15 heavy (non-hydrogen) atoms. The summed E-state index contributed by atoms with van der Waals surface area (Å²) in [7, 11) is 0. The van der Waals surface area contributed by atoms with Crippen LogP contribution in [0.25, 0.3) is 0 Å². The molecule has 1 aromatic carbocycles. The Morgan fingerprint density at radius 1 is 1.47 bits per heavy atom. The van der Waals surface area contributed by atoms with Gasteiger partial charge in [-0.3, -0.25) is 4.79 Å². The molecule has 1 fully saturated rings. The lowest BCUT2D eigenvalue weighted by Gasteiger charge is -2.11. The van der Waals surface area contributed by atoms with Crippen LogP contribution in [-0.2, 0) is 4.79 Å². The van der Waals surface area contributed by atoms with Gasteiger partial charge in [-0.25, -0.2) is 4.79 Å². The summed E-state index contributed by atoms with van der Waals surface area (Å²) in [6.07, 6.45) is 0. The van der Waals surface area contributed by atoms with E-state index in [9.17, 15) is 9.59 Å². The number of carbonyl (C=O) groups excluding carboxylic acids is 1. The van der Waals surface area contributed by atoms with E-state index in [0.717, 1.165) is 0 Å². The van der Waals surface area contributed by atoms with Crippen molar-refractivity contribution in [3.63, 3.8) is 0 Å². The van der Waals surface area contributed by atoms with Crippen molar-refractivity contribution in [1.82, 2.24) is 5.32 Å². The Labute approximate surface area is 90.7 Å². The maximum Gasteiger partial charge on any atom is 0.336 e. The van der Waals surface area contributed by atoms with E-state index in [1.165, 1.54) is 11.8 Å². The van der Waals surface area contributed by atoms with Crippen molar-refractivity contribution in [3.8, 4) is 0 Å². The van der Waals surface area contributed by atoms with E-state index in [1.807, 2.05) is 0 Å². The van der Waals surface area contributed by atoms with Gasteiger partial charge >= 0.3 is 5.97 Å². The van der Waals surface area contributed by atoms with E-state index in [-0.39, 0.29) is 16.8 Å². The van der Waals surface area contributed by atoms with Crippen molar-refractivity contribution < 1.29 is 14.7 Å². The fourth-order valence-electron chi connectivity index (χ4n) is 1.48. The standard InChI is InChI=1S/C10H9NO3S/c12-8-5-15-9(11-8)6-3-1-2-4-7(6)10(13)14/h1-4,9H,5H2,(H,11,12)(H,13,14). The first kappa shape index (κ1) is 10.0. The maximum atomic E-state index is 11.0. The molecule has 0 aromatic heterocycles. The fraction of sp³-hybridized carbons (Fsp3) is 0.200. The zero-order chi connectivity index (χ0) is 10.8. The van der Waals surface area contributed by atoms with Crippen molar-refractivity contribution in [2.45, 2.75) is 5.37 Å². The zero-order valence-corrected chi connectivity index (χ0v) is 8.58. The van der Waals surface area contributed by atoms with Crippen LogP contribution in [-0.4, -0.2) is 22.7 Å². The summed E-state index contributed by atoms with van der Waals surface area (Å²) < 4.78 is 0. The number of carboxylic acids is 1. The molecule has 1 amide bonds. The third-order valence-electron chi connectivity index (χ3n) is 2.15. The highest BCUT2D eigenvalue weighted by molar-refractivity contribution is 8.00. The smallest absolute Gasteiger partial charge is 0.336 e. The summed E-state index contributed by atoms with van der Waals surface area (Å²) in [5, 5.41) is 11.5. The van der Waals surface area contributed by atoms with Crippen LogP contribution in [0.3, 0.4) is 0 Å². The summed E-state index contributed by atoms with van der Waals surface area (Å²) in [5.41, 5.74) is 0.901. The number of benzene rings is 1. The molecule has 1 heterocycles. The van der Waals surface area contributed by atoms with E-state index in [2.05, 4.69) is 5.32 Å². The fourth-order valence-corrected chi connectivity index (χ4v) is 2.48. The molecule has 0 bridgehead atoms. The minimum atomic E-state index is -0.965. The molecule has 0 aliphatic carbocycles. The van der Waals surface area contributed by atoms with Crippen molar-refractivity contribution in [1.29, 1.82) is 0 Å². The molecule has 0 spiro atoms. The molecule has 4 nitrogen and oxygen atoms in total. The molecule has 1 atom stereocenters. The molecule has 78 valence electrons. The van der Waals surface area contributed by atoms with Crippen LogP contribution in [0.5, 0.6) is 0 Å².